The Hall–Kier alpha value is -2.99. The SMILES string of the molecule is O=C(c1ccc(-n2cc[nH]c2=O)cc1)N1CCC(Oc2ccc(Cl)cc2)CC1. The number of nitrogens with one attached hydrogen (secondary N) is 1. The smallest absolute Gasteiger partial charge is 0.330 e. The molecule has 1 amide bonds. The number of hydrogen-bond donors (Lipinski definition) is 1. The summed E-state index contributed by atoms with van der Waals surface area (Å²) in [5.74, 6) is 0.794. The number of carbonyl (C=O) groups excluding carboxylic acids is 1. The topological polar surface area (TPSA) is 67.3 Å². The normalized spacial score (nSPS) is 14.8. The second-order valence-corrected chi connectivity index (χ2v) is 7.18. The van der Waals surface area contributed by atoms with Gasteiger partial charge in [0, 0.05) is 48.9 Å². The molecule has 1 aliphatic rings. The molecule has 28 heavy (non-hydrogen) atoms. The molecule has 0 bridgehead atoms. The van der Waals surface area contributed by atoms with Crippen molar-refractivity contribution in [3.8, 4) is 11.4 Å². The Morgan fingerprint density at radius 3 is 2.32 bits per heavy atom. The number of hydrogen-bond acceptors (Lipinski definition) is 3. The van der Waals surface area contributed by atoms with Crippen molar-refractivity contribution in [2.75, 3.05) is 13.1 Å². The molecule has 0 aliphatic carbocycles. The van der Waals surface area contributed by atoms with Crippen molar-refractivity contribution in [2.45, 2.75) is 18.9 Å². The van der Waals surface area contributed by atoms with Crippen LogP contribution in [0.5, 0.6) is 5.75 Å². The predicted octanol–water partition coefficient (Wildman–Crippen LogP) is 3.50. The number of amides is 1. The number of carbonyl (C=O) groups is 1. The van der Waals surface area contributed by atoms with Crippen LogP contribution < -0.4 is 10.4 Å². The maximum absolute atomic E-state index is 12.8. The van der Waals surface area contributed by atoms with Gasteiger partial charge in [0.15, 0.2) is 0 Å². The summed E-state index contributed by atoms with van der Waals surface area (Å²) in [7, 11) is 0. The predicted molar refractivity (Wildman–Crippen MR) is 107 cm³/mol. The van der Waals surface area contributed by atoms with E-state index in [-0.39, 0.29) is 17.7 Å². The van der Waals surface area contributed by atoms with Gasteiger partial charge in [-0.05, 0) is 48.5 Å². The van der Waals surface area contributed by atoms with Crippen LogP contribution in [0.3, 0.4) is 0 Å². The van der Waals surface area contributed by atoms with Gasteiger partial charge in [-0.15, -0.1) is 0 Å². The van der Waals surface area contributed by atoms with Crippen molar-refractivity contribution < 1.29 is 9.53 Å². The third kappa shape index (κ3) is 3.97. The number of ether oxygens (including phenoxy) is 1. The van der Waals surface area contributed by atoms with E-state index >= 15 is 0 Å². The number of imidazole rings is 1. The van der Waals surface area contributed by atoms with E-state index < -0.39 is 0 Å². The van der Waals surface area contributed by atoms with Crippen molar-refractivity contribution in [3.05, 3.63) is 82.0 Å². The molecule has 2 heterocycles. The Bertz CT molecular complexity index is 1000. The Morgan fingerprint density at radius 1 is 1.04 bits per heavy atom. The van der Waals surface area contributed by atoms with Gasteiger partial charge in [-0.2, -0.15) is 0 Å². The zero-order valence-electron chi connectivity index (χ0n) is 15.2. The summed E-state index contributed by atoms with van der Waals surface area (Å²) in [4.78, 5) is 28.9. The van der Waals surface area contributed by atoms with Crippen molar-refractivity contribution in [1.82, 2.24) is 14.5 Å². The molecular formula is C21H20ClN3O3. The molecular weight excluding hydrogens is 378 g/mol. The van der Waals surface area contributed by atoms with Gasteiger partial charge in [0.05, 0.1) is 5.69 Å². The highest BCUT2D eigenvalue weighted by molar-refractivity contribution is 6.30. The quantitative estimate of drug-likeness (QED) is 0.732. The van der Waals surface area contributed by atoms with E-state index in [9.17, 15) is 9.59 Å². The molecule has 1 aromatic heterocycles. The van der Waals surface area contributed by atoms with Crippen LogP contribution in [0.25, 0.3) is 5.69 Å². The fourth-order valence-electron chi connectivity index (χ4n) is 3.35. The highest BCUT2D eigenvalue weighted by Crippen LogP contribution is 2.22. The lowest BCUT2D eigenvalue weighted by Gasteiger charge is -2.32. The molecule has 0 saturated carbocycles. The monoisotopic (exact) mass is 397 g/mol. The molecule has 0 spiro atoms. The second-order valence-electron chi connectivity index (χ2n) is 6.75. The summed E-state index contributed by atoms with van der Waals surface area (Å²) in [5.41, 5.74) is 1.13. The molecule has 0 unspecified atom stereocenters. The highest BCUT2D eigenvalue weighted by Gasteiger charge is 2.24. The molecule has 1 fully saturated rings. The minimum Gasteiger partial charge on any atom is -0.490 e. The van der Waals surface area contributed by atoms with Gasteiger partial charge in [-0.3, -0.25) is 9.36 Å². The minimum absolute atomic E-state index is 0.00194. The number of aromatic nitrogens is 2. The van der Waals surface area contributed by atoms with Crippen LogP contribution in [0.15, 0.2) is 65.7 Å². The fourth-order valence-corrected chi connectivity index (χ4v) is 3.48. The first-order chi connectivity index (χ1) is 13.6. The van der Waals surface area contributed by atoms with Gasteiger partial charge in [-0.25, -0.2) is 4.79 Å². The Kier molecular flexibility index (Phi) is 5.21. The van der Waals surface area contributed by atoms with Gasteiger partial charge in [0.25, 0.3) is 5.91 Å². The van der Waals surface area contributed by atoms with Crippen LogP contribution in [-0.2, 0) is 0 Å². The first kappa shape index (κ1) is 18.4. The standard InChI is InChI=1S/C21H20ClN3O3/c22-16-3-7-18(8-4-16)28-19-9-12-24(13-10-19)20(26)15-1-5-17(6-2-15)25-14-11-23-21(25)27/h1-8,11,14,19H,9-10,12-13H2,(H,23,27). The number of aromatic amines is 1. The molecule has 4 rings (SSSR count). The number of benzene rings is 2. The lowest BCUT2D eigenvalue weighted by Crippen LogP contribution is -2.41. The molecule has 1 saturated heterocycles. The van der Waals surface area contributed by atoms with E-state index in [1.807, 2.05) is 17.0 Å². The molecule has 0 radical (unpaired) electrons. The minimum atomic E-state index is -0.207. The Labute approximate surface area is 167 Å². The van der Waals surface area contributed by atoms with Crippen molar-refractivity contribution in [2.24, 2.45) is 0 Å². The van der Waals surface area contributed by atoms with Crippen LogP contribution in [0.1, 0.15) is 23.2 Å². The molecule has 1 N–H and O–H groups in total. The van der Waals surface area contributed by atoms with Gasteiger partial charge in [0.1, 0.15) is 11.9 Å². The van der Waals surface area contributed by atoms with Crippen molar-refractivity contribution in [3.63, 3.8) is 0 Å². The molecule has 0 atom stereocenters. The molecule has 144 valence electrons. The van der Waals surface area contributed by atoms with Crippen molar-refractivity contribution in [1.29, 1.82) is 0 Å². The van der Waals surface area contributed by atoms with Gasteiger partial charge < -0.3 is 14.6 Å². The number of nitrogens with zero attached hydrogens (tertiary/aromatic N) is 2. The van der Waals surface area contributed by atoms with E-state index in [4.69, 9.17) is 16.3 Å². The highest BCUT2D eigenvalue weighted by atomic mass is 35.5. The lowest BCUT2D eigenvalue weighted by molar-refractivity contribution is 0.0595. The maximum Gasteiger partial charge on any atom is 0.330 e. The Balaban J connectivity index is 1.35. The number of likely N-dealkylation sites (tertiary alicyclic amines) is 1. The molecule has 1 aliphatic heterocycles. The molecule has 6 nitrogen and oxygen atoms in total. The summed E-state index contributed by atoms with van der Waals surface area (Å²) in [6.45, 7) is 1.30. The van der Waals surface area contributed by atoms with Gasteiger partial charge in [-0.1, -0.05) is 11.6 Å². The molecule has 2 aromatic carbocycles. The largest absolute Gasteiger partial charge is 0.490 e. The van der Waals surface area contributed by atoms with E-state index in [1.165, 1.54) is 4.57 Å². The van der Waals surface area contributed by atoms with E-state index in [1.54, 1.807) is 48.8 Å². The number of halogens is 1. The summed E-state index contributed by atoms with van der Waals surface area (Å²) in [6.07, 6.45) is 4.90. The zero-order valence-corrected chi connectivity index (χ0v) is 15.9. The second kappa shape index (κ2) is 7.94. The van der Waals surface area contributed by atoms with Crippen LogP contribution in [0, 0.1) is 0 Å². The third-order valence-corrected chi connectivity index (χ3v) is 5.14. The molecule has 7 heteroatoms. The average molecular weight is 398 g/mol. The van der Waals surface area contributed by atoms with Gasteiger partial charge in [0.2, 0.25) is 0 Å². The third-order valence-electron chi connectivity index (χ3n) is 4.89. The van der Waals surface area contributed by atoms with Gasteiger partial charge >= 0.3 is 5.69 Å². The van der Waals surface area contributed by atoms with Crippen LogP contribution >= 0.6 is 11.6 Å². The first-order valence-electron chi connectivity index (χ1n) is 9.18. The summed E-state index contributed by atoms with van der Waals surface area (Å²) in [6, 6.07) is 14.4. The first-order valence-corrected chi connectivity index (χ1v) is 9.56. The van der Waals surface area contributed by atoms with Crippen LogP contribution in [0.4, 0.5) is 0 Å². The summed E-state index contributed by atoms with van der Waals surface area (Å²) in [5, 5.41) is 0.681. The number of H-pyrrole nitrogens is 1. The van der Waals surface area contributed by atoms with E-state index in [0.29, 0.717) is 23.7 Å². The summed E-state index contributed by atoms with van der Waals surface area (Å²) < 4.78 is 7.47. The number of rotatable bonds is 4. The average Bonchev–Trinajstić information content (AvgIpc) is 3.16. The molecule has 3 aromatic rings. The summed E-state index contributed by atoms with van der Waals surface area (Å²) >= 11 is 5.89. The van der Waals surface area contributed by atoms with E-state index in [2.05, 4.69) is 4.98 Å². The van der Waals surface area contributed by atoms with Crippen LogP contribution in [-0.4, -0.2) is 39.6 Å². The maximum atomic E-state index is 12.8. The van der Waals surface area contributed by atoms with E-state index in [0.717, 1.165) is 24.3 Å². The Morgan fingerprint density at radius 2 is 1.71 bits per heavy atom. The van der Waals surface area contributed by atoms with Crippen LogP contribution in [0.2, 0.25) is 5.02 Å². The number of piperidine rings is 1. The van der Waals surface area contributed by atoms with Crippen molar-refractivity contribution >= 4 is 17.5 Å². The zero-order chi connectivity index (χ0) is 19.5. The fraction of sp³-hybridized carbons (Fsp3) is 0.238. The lowest BCUT2D eigenvalue weighted by atomic mass is 10.1.